The van der Waals surface area contributed by atoms with E-state index in [1.54, 1.807) is 44.4 Å². The predicted octanol–water partition coefficient (Wildman–Crippen LogP) is 4.47. The first-order chi connectivity index (χ1) is 20.3. The van der Waals surface area contributed by atoms with Crippen LogP contribution in [0.5, 0.6) is 17.2 Å². The third-order valence-electron chi connectivity index (χ3n) is 6.80. The number of nitrogens with one attached hydrogen (secondary N) is 1. The third kappa shape index (κ3) is 8.19. The molecular formula is C32H41N3O7S. The lowest BCUT2D eigenvalue weighted by molar-refractivity contribution is -0.139. The molecule has 0 saturated carbocycles. The zero-order valence-corrected chi connectivity index (χ0v) is 26.8. The first kappa shape index (κ1) is 33.3. The van der Waals surface area contributed by atoms with Crippen LogP contribution < -0.4 is 23.8 Å². The van der Waals surface area contributed by atoms with Crippen LogP contribution >= 0.6 is 0 Å². The summed E-state index contributed by atoms with van der Waals surface area (Å²) >= 11 is 0. The zero-order valence-electron chi connectivity index (χ0n) is 26.0. The molecular weight excluding hydrogens is 570 g/mol. The van der Waals surface area contributed by atoms with Gasteiger partial charge in [0.1, 0.15) is 18.3 Å². The number of sulfonamides is 1. The number of hydrogen-bond donors (Lipinski definition) is 1. The van der Waals surface area contributed by atoms with Crippen LogP contribution in [-0.4, -0.2) is 65.1 Å². The Bertz CT molecular complexity index is 1540. The maximum absolute atomic E-state index is 14.2. The van der Waals surface area contributed by atoms with Gasteiger partial charge < -0.3 is 24.4 Å². The average molecular weight is 612 g/mol. The van der Waals surface area contributed by atoms with E-state index in [9.17, 15) is 18.0 Å². The first-order valence-electron chi connectivity index (χ1n) is 13.9. The Hall–Kier alpha value is -4.25. The van der Waals surface area contributed by atoms with Gasteiger partial charge in [0.15, 0.2) is 11.5 Å². The molecule has 0 spiro atoms. The Balaban J connectivity index is 2.12. The summed E-state index contributed by atoms with van der Waals surface area (Å²) in [7, 11) is 0.125. The monoisotopic (exact) mass is 611 g/mol. The third-order valence-corrected chi connectivity index (χ3v) is 8.57. The van der Waals surface area contributed by atoms with Crippen LogP contribution in [0.2, 0.25) is 0 Å². The van der Waals surface area contributed by atoms with E-state index in [2.05, 4.69) is 5.32 Å². The van der Waals surface area contributed by atoms with Gasteiger partial charge in [-0.05, 0) is 87.7 Å². The van der Waals surface area contributed by atoms with Gasteiger partial charge in [-0.15, -0.1) is 0 Å². The summed E-state index contributed by atoms with van der Waals surface area (Å²) in [6.07, 6.45) is 0. The van der Waals surface area contributed by atoms with Gasteiger partial charge in [-0.25, -0.2) is 8.42 Å². The highest BCUT2D eigenvalue weighted by Crippen LogP contribution is 2.33. The van der Waals surface area contributed by atoms with Gasteiger partial charge in [0, 0.05) is 18.7 Å². The first-order valence-corrected chi connectivity index (χ1v) is 15.3. The quantitative estimate of drug-likeness (QED) is 0.303. The molecule has 1 atom stereocenters. The molecule has 0 aliphatic rings. The average Bonchev–Trinajstić information content (AvgIpc) is 2.96. The number of nitrogens with zero attached hydrogens (tertiary/aromatic N) is 2. The van der Waals surface area contributed by atoms with Crippen LogP contribution in [0.25, 0.3) is 0 Å². The second kappa shape index (κ2) is 14.3. The SMILES string of the molecule is COc1cccc(CN(C(=O)CN(c2cc(C)cc(C)c2)S(=O)(=O)c2ccc(OC)c(OC)c2)[C@@H](C)C(=O)NC(C)C)c1. The Labute approximate surface area is 254 Å². The number of benzene rings is 3. The van der Waals surface area contributed by atoms with Crippen LogP contribution in [0.4, 0.5) is 5.69 Å². The van der Waals surface area contributed by atoms with Gasteiger partial charge in [-0.1, -0.05) is 18.2 Å². The highest BCUT2D eigenvalue weighted by Gasteiger charge is 2.33. The number of rotatable bonds is 13. The molecule has 43 heavy (non-hydrogen) atoms. The molecule has 0 saturated heterocycles. The van der Waals surface area contributed by atoms with Crippen molar-refractivity contribution < 1.29 is 32.2 Å². The molecule has 1 N–H and O–H groups in total. The van der Waals surface area contributed by atoms with Crippen LogP contribution in [-0.2, 0) is 26.2 Å². The maximum Gasteiger partial charge on any atom is 0.264 e. The number of hydrogen-bond acceptors (Lipinski definition) is 7. The van der Waals surface area contributed by atoms with Crippen molar-refractivity contribution in [2.24, 2.45) is 0 Å². The van der Waals surface area contributed by atoms with E-state index in [1.165, 1.54) is 37.3 Å². The van der Waals surface area contributed by atoms with E-state index in [1.807, 2.05) is 39.8 Å². The van der Waals surface area contributed by atoms with Crippen molar-refractivity contribution in [2.45, 2.75) is 58.1 Å². The van der Waals surface area contributed by atoms with E-state index in [0.717, 1.165) is 21.0 Å². The number of aryl methyl sites for hydroxylation is 2. The van der Waals surface area contributed by atoms with Crippen molar-refractivity contribution in [3.63, 3.8) is 0 Å². The predicted molar refractivity (Wildman–Crippen MR) is 166 cm³/mol. The number of methoxy groups -OCH3 is 3. The second-order valence-electron chi connectivity index (χ2n) is 10.6. The highest BCUT2D eigenvalue weighted by atomic mass is 32.2. The number of carbonyl (C=O) groups is 2. The normalized spacial score (nSPS) is 11.9. The molecule has 0 radical (unpaired) electrons. The number of ether oxygens (including phenoxy) is 3. The summed E-state index contributed by atoms with van der Waals surface area (Å²) in [5, 5.41) is 2.85. The minimum atomic E-state index is -4.29. The summed E-state index contributed by atoms with van der Waals surface area (Å²) in [5.74, 6) is 0.278. The van der Waals surface area contributed by atoms with Gasteiger partial charge >= 0.3 is 0 Å². The maximum atomic E-state index is 14.2. The summed E-state index contributed by atoms with van der Waals surface area (Å²) in [4.78, 5) is 28.6. The van der Waals surface area contributed by atoms with E-state index < -0.39 is 28.5 Å². The molecule has 3 rings (SSSR count). The fraction of sp³-hybridized carbons (Fsp3) is 0.375. The van der Waals surface area contributed by atoms with Crippen LogP contribution in [0, 0.1) is 13.8 Å². The van der Waals surface area contributed by atoms with Crippen molar-refractivity contribution in [1.82, 2.24) is 10.2 Å². The Morgan fingerprint density at radius 3 is 2.07 bits per heavy atom. The molecule has 2 amide bonds. The molecule has 0 aliphatic carbocycles. The molecule has 0 aliphatic heterocycles. The van der Waals surface area contributed by atoms with Crippen LogP contribution in [0.1, 0.15) is 37.5 Å². The number of carbonyl (C=O) groups excluding carboxylic acids is 2. The molecule has 0 heterocycles. The van der Waals surface area contributed by atoms with E-state index in [0.29, 0.717) is 17.2 Å². The van der Waals surface area contributed by atoms with Crippen molar-refractivity contribution in [3.8, 4) is 17.2 Å². The second-order valence-corrected chi connectivity index (χ2v) is 12.4. The molecule has 232 valence electrons. The Morgan fingerprint density at radius 1 is 0.837 bits per heavy atom. The van der Waals surface area contributed by atoms with Gasteiger partial charge in [0.05, 0.1) is 31.9 Å². The van der Waals surface area contributed by atoms with Crippen LogP contribution in [0.3, 0.4) is 0 Å². The fourth-order valence-corrected chi connectivity index (χ4v) is 6.10. The largest absolute Gasteiger partial charge is 0.497 e. The topological polar surface area (TPSA) is 114 Å². The lowest BCUT2D eigenvalue weighted by atomic mass is 10.1. The lowest BCUT2D eigenvalue weighted by Gasteiger charge is -2.32. The number of amides is 2. The minimum absolute atomic E-state index is 0.0554. The molecule has 10 nitrogen and oxygen atoms in total. The van der Waals surface area contributed by atoms with E-state index in [-0.39, 0.29) is 29.1 Å². The fourth-order valence-electron chi connectivity index (χ4n) is 4.68. The summed E-state index contributed by atoms with van der Waals surface area (Å²) in [5.41, 5.74) is 2.69. The van der Waals surface area contributed by atoms with E-state index >= 15 is 0 Å². The van der Waals surface area contributed by atoms with Gasteiger partial charge in [-0.2, -0.15) is 0 Å². The smallest absolute Gasteiger partial charge is 0.264 e. The summed E-state index contributed by atoms with van der Waals surface area (Å²) < 4.78 is 45.5. The highest BCUT2D eigenvalue weighted by molar-refractivity contribution is 7.92. The Morgan fingerprint density at radius 2 is 1.49 bits per heavy atom. The zero-order chi connectivity index (χ0) is 31.9. The molecule has 3 aromatic carbocycles. The molecule has 0 bridgehead atoms. The van der Waals surface area contributed by atoms with Gasteiger partial charge in [-0.3, -0.25) is 13.9 Å². The van der Waals surface area contributed by atoms with Crippen molar-refractivity contribution in [1.29, 1.82) is 0 Å². The number of anilines is 1. The summed E-state index contributed by atoms with van der Waals surface area (Å²) in [6.45, 7) is 8.50. The minimum Gasteiger partial charge on any atom is -0.497 e. The van der Waals surface area contributed by atoms with Crippen molar-refractivity contribution in [2.75, 3.05) is 32.2 Å². The lowest BCUT2D eigenvalue weighted by Crippen LogP contribution is -2.52. The van der Waals surface area contributed by atoms with E-state index in [4.69, 9.17) is 14.2 Å². The van der Waals surface area contributed by atoms with Crippen LogP contribution in [0.15, 0.2) is 65.6 Å². The molecule has 0 unspecified atom stereocenters. The van der Waals surface area contributed by atoms with Gasteiger partial charge in [0.25, 0.3) is 10.0 Å². The van der Waals surface area contributed by atoms with Crippen molar-refractivity contribution in [3.05, 3.63) is 77.4 Å². The molecule has 0 fully saturated rings. The van der Waals surface area contributed by atoms with Crippen molar-refractivity contribution >= 4 is 27.5 Å². The molecule has 11 heteroatoms. The summed E-state index contributed by atoms with van der Waals surface area (Å²) in [6, 6.07) is 15.7. The van der Waals surface area contributed by atoms with Gasteiger partial charge in [0.2, 0.25) is 11.8 Å². The standard InChI is InChI=1S/C32H41N3O7S/c1-21(2)33-32(37)24(5)34(19-25-10-9-11-27(17-25)40-6)31(36)20-35(26-15-22(3)14-23(4)16-26)43(38,39)28-12-13-29(41-7)30(18-28)42-8/h9-18,21,24H,19-20H2,1-8H3,(H,33,37)/t24-/m0/s1. The molecule has 3 aromatic rings. The molecule has 0 aromatic heterocycles. The Kier molecular flexibility index (Phi) is 11.0.